The second kappa shape index (κ2) is 8.81. The van der Waals surface area contributed by atoms with Crippen LogP contribution in [0.2, 0.25) is 0 Å². The van der Waals surface area contributed by atoms with E-state index in [1.54, 1.807) is 18.5 Å². The van der Waals surface area contributed by atoms with Crippen LogP contribution in [-0.2, 0) is 0 Å². The van der Waals surface area contributed by atoms with Crippen molar-refractivity contribution in [2.24, 2.45) is 0 Å². The quantitative estimate of drug-likeness (QED) is 0.569. The van der Waals surface area contributed by atoms with Gasteiger partial charge in [-0.2, -0.15) is 15.5 Å². The molecule has 8 heteroatoms. The summed E-state index contributed by atoms with van der Waals surface area (Å²) in [5, 5.41) is 25.4. The van der Waals surface area contributed by atoms with Crippen LogP contribution in [-0.4, -0.2) is 43.6 Å². The summed E-state index contributed by atoms with van der Waals surface area (Å²) in [5.41, 5.74) is 2.86. The molecule has 0 bridgehead atoms. The molecule has 0 spiro atoms. The molecule has 3 heterocycles. The van der Waals surface area contributed by atoms with Crippen molar-refractivity contribution >= 4 is 17.5 Å². The van der Waals surface area contributed by atoms with Crippen molar-refractivity contribution in [1.29, 1.82) is 10.5 Å². The van der Waals surface area contributed by atoms with Gasteiger partial charge in [0.1, 0.15) is 23.5 Å². The number of hydrogen-bond donors (Lipinski definition) is 2. The highest BCUT2D eigenvalue weighted by Gasteiger charge is 2.43. The van der Waals surface area contributed by atoms with Gasteiger partial charge >= 0.3 is 0 Å². The second-order valence-electron chi connectivity index (χ2n) is 10.1. The molecule has 0 aliphatic carbocycles. The Morgan fingerprint density at radius 1 is 1.00 bits per heavy atom. The summed E-state index contributed by atoms with van der Waals surface area (Å²) < 4.78 is 1.90. The first-order valence-corrected chi connectivity index (χ1v) is 11.3. The van der Waals surface area contributed by atoms with Gasteiger partial charge in [0.15, 0.2) is 0 Å². The molecule has 3 aromatic rings. The number of likely N-dealkylation sites (tertiary alicyclic amines) is 1. The van der Waals surface area contributed by atoms with Gasteiger partial charge in [0.25, 0.3) is 0 Å². The van der Waals surface area contributed by atoms with E-state index in [0.717, 1.165) is 24.2 Å². The number of nitrogens with one attached hydrogen (secondary N) is 2. The number of benzene rings is 1. The van der Waals surface area contributed by atoms with Crippen molar-refractivity contribution in [2.75, 3.05) is 17.7 Å². The van der Waals surface area contributed by atoms with Gasteiger partial charge in [-0.1, -0.05) is 0 Å². The predicted octanol–water partition coefficient (Wildman–Crippen LogP) is 4.82. The zero-order valence-electron chi connectivity index (χ0n) is 20.3. The van der Waals surface area contributed by atoms with E-state index in [1.165, 1.54) is 0 Å². The molecule has 0 amide bonds. The van der Waals surface area contributed by atoms with Crippen molar-refractivity contribution in [3.8, 4) is 17.8 Å². The Kier molecular flexibility index (Phi) is 6.03. The molecule has 0 saturated carbocycles. The van der Waals surface area contributed by atoms with Crippen molar-refractivity contribution in [2.45, 2.75) is 57.7 Å². The highest BCUT2D eigenvalue weighted by Crippen LogP contribution is 2.38. The number of aromatic nitrogens is 3. The van der Waals surface area contributed by atoms with Crippen molar-refractivity contribution in [1.82, 2.24) is 19.4 Å². The first kappa shape index (κ1) is 23.3. The molecule has 1 aromatic carbocycles. The maximum Gasteiger partial charge on any atom is 0.229 e. The molecule has 1 fully saturated rings. The Bertz CT molecular complexity index is 1240. The lowest BCUT2D eigenvalue weighted by Gasteiger charge is -2.53. The Balaban J connectivity index is 1.51. The van der Waals surface area contributed by atoms with E-state index in [4.69, 9.17) is 5.26 Å². The van der Waals surface area contributed by atoms with Crippen LogP contribution in [0.5, 0.6) is 0 Å². The maximum atomic E-state index is 9.61. The Hall–Kier alpha value is -3.88. The number of nitriles is 2. The van der Waals surface area contributed by atoms with Gasteiger partial charge in [-0.3, -0.25) is 4.90 Å². The number of nitrogens with zero attached hydrogens (tertiary/aromatic N) is 6. The largest absolute Gasteiger partial charge is 0.366 e. The van der Waals surface area contributed by atoms with E-state index in [9.17, 15) is 5.26 Å². The fourth-order valence-electron chi connectivity index (χ4n) is 4.77. The second-order valence-corrected chi connectivity index (χ2v) is 10.1. The molecule has 1 saturated heterocycles. The lowest BCUT2D eigenvalue weighted by atomic mass is 9.77. The summed E-state index contributed by atoms with van der Waals surface area (Å²) in [6.45, 7) is 9.00. The van der Waals surface area contributed by atoms with Crippen LogP contribution in [0.3, 0.4) is 0 Å². The van der Waals surface area contributed by atoms with E-state index in [0.29, 0.717) is 22.9 Å². The van der Waals surface area contributed by atoms with Crippen LogP contribution in [0.1, 0.15) is 51.7 Å². The van der Waals surface area contributed by atoms with Gasteiger partial charge in [-0.25, -0.2) is 4.98 Å². The zero-order valence-corrected chi connectivity index (χ0v) is 20.3. The summed E-state index contributed by atoms with van der Waals surface area (Å²) in [4.78, 5) is 11.4. The van der Waals surface area contributed by atoms with Crippen LogP contribution in [0.4, 0.5) is 17.5 Å². The first-order valence-electron chi connectivity index (χ1n) is 11.3. The van der Waals surface area contributed by atoms with Crippen LogP contribution >= 0.6 is 0 Å². The number of rotatable bonds is 5. The first-order chi connectivity index (χ1) is 16.1. The molecule has 0 radical (unpaired) electrons. The summed E-state index contributed by atoms with van der Waals surface area (Å²) >= 11 is 0. The summed E-state index contributed by atoms with van der Waals surface area (Å²) in [6.07, 6.45) is 7.09. The molecule has 2 aromatic heterocycles. The Labute approximate surface area is 200 Å². The average molecular weight is 455 g/mol. The molecule has 34 heavy (non-hydrogen) atoms. The van der Waals surface area contributed by atoms with Crippen molar-refractivity contribution in [3.05, 3.63) is 60.0 Å². The third-order valence-corrected chi connectivity index (χ3v) is 6.80. The third kappa shape index (κ3) is 4.73. The lowest BCUT2D eigenvalue weighted by Crippen LogP contribution is -2.61. The van der Waals surface area contributed by atoms with E-state index in [2.05, 4.69) is 72.4 Å². The summed E-state index contributed by atoms with van der Waals surface area (Å²) in [6, 6.07) is 14.1. The van der Waals surface area contributed by atoms with Crippen molar-refractivity contribution in [3.63, 3.8) is 0 Å². The van der Waals surface area contributed by atoms with Gasteiger partial charge in [-0.05, 0) is 77.9 Å². The molecular weight excluding hydrogens is 424 g/mol. The predicted molar refractivity (Wildman–Crippen MR) is 133 cm³/mol. The summed E-state index contributed by atoms with van der Waals surface area (Å²) in [7, 11) is 2.17. The van der Waals surface area contributed by atoms with E-state index < -0.39 is 0 Å². The number of anilines is 3. The molecule has 1 aliphatic rings. The molecule has 0 unspecified atom stereocenters. The van der Waals surface area contributed by atoms with E-state index in [1.807, 2.05) is 35.0 Å². The minimum atomic E-state index is 0.0236. The van der Waals surface area contributed by atoms with Gasteiger partial charge in [0.2, 0.25) is 5.95 Å². The molecule has 174 valence electrons. The van der Waals surface area contributed by atoms with Crippen LogP contribution in [0.15, 0.2) is 48.9 Å². The van der Waals surface area contributed by atoms with E-state index >= 15 is 0 Å². The van der Waals surface area contributed by atoms with Gasteiger partial charge in [-0.15, -0.1) is 0 Å². The van der Waals surface area contributed by atoms with Crippen molar-refractivity contribution < 1.29 is 0 Å². The van der Waals surface area contributed by atoms with Gasteiger partial charge in [0.05, 0.1) is 11.8 Å². The number of hydrogen-bond acceptors (Lipinski definition) is 7. The van der Waals surface area contributed by atoms with Gasteiger partial charge < -0.3 is 15.2 Å². The maximum absolute atomic E-state index is 9.61. The Morgan fingerprint density at radius 2 is 1.68 bits per heavy atom. The zero-order chi connectivity index (χ0) is 24.5. The lowest BCUT2D eigenvalue weighted by molar-refractivity contribution is -0.00772. The number of piperidine rings is 1. The molecule has 2 N–H and O–H groups in total. The highest BCUT2D eigenvalue weighted by molar-refractivity contribution is 5.60. The highest BCUT2D eigenvalue weighted by atomic mass is 15.3. The third-order valence-electron chi connectivity index (χ3n) is 6.80. The van der Waals surface area contributed by atoms with E-state index in [-0.39, 0.29) is 17.1 Å². The fourth-order valence-corrected chi connectivity index (χ4v) is 4.77. The normalized spacial score (nSPS) is 17.5. The van der Waals surface area contributed by atoms with Crippen LogP contribution in [0, 0.1) is 22.7 Å². The van der Waals surface area contributed by atoms with Gasteiger partial charge in [0, 0.05) is 40.9 Å². The smallest absolute Gasteiger partial charge is 0.229 e. The SMILES string of the molecule is CN1C(C)(C)CC(Nc2nc(Nc3ccc(-n4ccc(C#N)c4)cc3)ncc2C#N)CC1(C)C. The molecule has 8 nitrogen and oxygen atoms in total. The standard InChI is InChI=1S/C26H30N8/c1-25(2)12-21(13-26(3,4)33(25)5)30-23-19(15-28)16-29-24(32-23)31-20-6-8-22(9-7-20)34-11-10-18(14-27)17-34/h6-11,16-17,21H,12-13H2,1-5H3,(H2,29,30,31,32). The molecule has 1 aliphatic heterocycles. The molecule has 0 atom stereocenters. The topological polar surface area (TPSA) is 106 Å². The molecule has 4 rings (SSSR count). The van der Waals surface area contributed by atoms with Crippen LogP contribution in [0.25, 0.3) is 5.69 Å². The average Bonchev–Trinajstić information content (AvgIpc) is 3.27. The summed E-state index contributed by atoms with van der Waals surface area (Å²) in [5.74, 6) is 0.975. The monoisotopic (exact) mass is 454 g/mol. The molecular formula is C26H30N8. The Morgan fingerprint density at radius 3 is 2.26 bits per heavy atom. The fraction of sp³-hybridized carbons (Fsp3) is 0.385. The minimum absolute atomic E-state index is 0.0236. The van der Waals surface area contributed by atoms with Crippen LogP contribution < -0.4 is 10.6 Å². The minimum Gasteiger partial charge on any atom is -0.366 e.